The molecule has 0 aliphatic carbocycles. The third kappa shape index (κ3) is 2.61. The molecule has 1 aromatic carbocycles. The highest BCUT2D eigenvalue weighted by molar-refractivity contribution is 5.46. The lowest BCUT2D eigenvalue weighted by atomic mass is 10.0. The zero-order valence-corrected chi connectivity index (χ0v) is 11.2. The highest BCUT2D eigenvalue weighted by Crippen LogP contribution is 2.32. The van der Waals surface area contributed by atoms with Crippen LogP contribution in [-0.2, 0) is 12.6 Å². The molecule has 0 aliphatic rings. The van der Waals surface area contributed by atoms with Crippen molar-refractivity contribution in [1.29, 1.82) is 0 Å². The van der Waals surface area contributed by atoms with Crippen LogP contribution in [0.2, 0.25) is 0 Å². The first-order valence-corrected chi connectivity index (χ1v) is 6.41. The Morgan fingerprint density at radius 3 is 2.57 bits per heavy atom. The molecule has 3 aromatic rings. The van der Waals surface area contributed by atoms with E-state index in [1.54, 1.807) is 16.8 Å². The maximum absolute atomic E-state index is 13.0. The first-order chi connectivity index (χ1) is 9.95. The summed E-state index contributed by atoms with van der Waals surface area (Å²) >= 11 is 0. The highest BCUT2D eigenvalue weighted by atomic mass is 19.4. The van der Waals surface area contributed by atoms with Crippen molar-refractivity contribution in [3.63, 3.8) is 0 Å². The minimum Gasteiger partial charge on any atom is -0.221 e. The molecule has 2 heterocycles. The molecule has 0 radical (unpaired) electrons. The average molecular weight is 291 g/mol. The number of alkyl halides is 3. The number of rotatable bonds is 2. The molecular formula is C15H12F3N3. The van der Waals surface area contributed by atoms with E-state index in [-0.39, 0.29) is 12.0 Å². The van der Waals surface area contributed by atoms with Crippen LogP contribution in [0, 0.1) is 6.92 Å². The van der Waals surface area contributed by atoms with E-state index >= 15 is 0 Å². The molecule has 0 saturated heterocycles. The van der Waals surface area contributed by atoms with Crippen molar-refractivity contribution in [3.05, 3.63) is 65.1 Å². The molecule has 6 heteroatoms. The number of hydrogen-bond donors (Lipinski definition) is 0. The number of halogens is 3. The molecule has 0 aliphatic heterocycles. The van der Waals surface area contributed by atoms with E-state index in [0.717, 1.165) is 11.6 Å². The van der Waals surface area contributed by atoms with Crippen LogP contribution in [0.15, 0.2) is 42.6 Å². The molecule has 0 unspecified atom stereocenters. The molecule has 0 amide bonds. The average Bonchev–Trinajstić information content (AvgIpc) is 2.82. The molecule has 3 nitrogen and oxygen atoms in total. The summed E-state index contributed by atoms with van der Waals surface area (Å²) in [4.78, 5) is 4.32. The van der Waals surface area contributed by atoms with Gasteiger partial charge < -0.3 is 0 Å². The Hall–Kier alpha value is -2.37. The summed E-state index contributed by atoms with van der Waals surface area (Å²) in [6.45, 7) is 1.89. The smallest absolute Gasteiger partial charge is 0.221 e. The van der Waals surface area contributed by atoms with Gasteiger partial charge in [-0.25, -0.2) is 9.50 Å². The summed E-state index contributed by atoms with van der Waals surface area (Å²) in [6.07, 6.45) is -2.59. The van der Waals surface area contributed by atoms with Crippen LogP contribution in [0.3, 0.4) is 0 Å². The molecule has 2 aromatic heterocycles. The number of aryl methyl sites for hydroxylation is 1. The van der Waals surface area contributed by atoms with Gasteiger partial charge in [-0.15, -0.1) is 0 Å². The molecule has 0 N–H and O–H groups in total. The van der Waals surface area contributed by atoms with Crippen molar-refractivity contribution < 1.29 is 13.2 Å². The van der Waals surface area contributed by atoms with Crippen molar-refractivity contribution in [2.45, 2.75) is 19.5 Å². The van der Waals surface area contributed by atoms with Gasteiger partial charge >= 0.3 is 6.18 Å². The summed E-state index contributed by atoms with van der Waals surface area (Å²) in [5.74, 6) is 0.376. The van der Waals surface area contributed by atoms with Crippen LogP contribution >= 0.6 is 0 Å². The second-order valence-corrected chi connectivity index (χ2v) is 4.82. The van der Waals surface area contributed by atoms with E-state index in [4.69, 9.17) is 0 Å². The first-order valence-electron chi connectivity index (χ1n) is 6.41. The van der Waals surface area contributed by atoms with Gasteiger partial charge in [0.05, 0.1) is 5.56 Å². The third-order valence-corrected chi connectivity index (χ3v) is 3.27. The van der Waals surface area contributed by atoms with Gasteiger partial charge in [0.25, 0.3) is 0 Å². The standard InChI is InChI=1S/C15H12F3N3/c1-10-5-4-8-21-14(10)19-13(20-21)9-11-6-2-3-7-12(11)15(16,17)18/h2-8H,9H2,1H3. The zero-order chi connectivity index (χ0) is 15.0. The van der Waals surface area contributed by atoms with Crippen LogP contribution < -0.4 is 0 Å². The molecule has 0 spiro atoms. The van der Waals surface area contributed by atoms with Crippen molar-refractivity contribution in [2.24, 2.45) is 0 Å². The van der Waals surface area contributed by atoms with Gasteiger partial charge in [0, 0.05) is 12.6 Å². The molecule has 0 bridgehead atoms. The molecule has 108 valence electrons. The number of nitrogens with zero attached hydrogens (tertiary/aromatic N) is 3. The monoisotopic (exact) mass is 291 g/mol. The van der Waals surface area contributed by atoms with Gasteiger partial charge in [0.15, 0.2) is 11.5 Å². The van der Waals surface area contributed by atoms with Crippen molar-refractivity contribution >= 4 is 5.65 Å². The number of benzene rings is 1. The van der Waals surface area contributed by atoms with E-state index in [9.17, 15) is 13.2 Å². The maximum Gasteiger partial charge on any atom is 0.416 e. The highest BCUT2D eigenvalue weighted by Gasteiger charge is 2.33. The quantitative estimate of drug-likeness (QED) is 0.721. The molecule has 3 rings (SSSR count). The van der Waals surface area contributed by atoms with Crippen LogP contribution in [0.25, 0.3) is 5.65 Å². The fourth-order valence-electron chi connectivity index (χ4n) is 2.28. The summed E-state index contributed by atoms with van der Waals surface area (Å²) in [5, 5.41) is 4.23. The Balaban J connectivity index is 2.01. The lowest BCUT2D eigenvalue weighted by Crippen LogP contribution is -2.09. The van der Waals surface area contributed by atoms with E-state index in [2.05, 4.69) is 10.1 Å². The molecule has 21 heavy (non-hydrogen) atoms. The van der Waals surface area contributed by atoms with Gasteiger partial charge in [-0.2, -0.15) is 18.3 Å². The van der Waals surface area contributed by atoms with Crippen molar-refractivity contribution in [2.75, 3.05) is 0 Å². The van der Waals surface area contributed by atoms with Crippen LogP contribution in [0.5, 0.6) is 0 Å². The summed E-state index contributed by atoms with van der Waals surface area (Å²) in [6, 6.07) is 9.22. The number of aromatic nitrogens is 3. The second-order valence-electron chi connectivity index (χ2n) is 4.82. The van der Waals surface area contributed by atoms with Gasteiger partial charge in [-0.1, -0.05) is 24.3 Å². The predicted molar refractivity (Wildman–Crippen MR) is 72.0 cm³/mol. The van der Waals surface area contributed by atoms with Gasteiger partial charge in [-0.3, -0.25) is 0 Å². The van der Waals surface area contributed by atoms with E-state index < -0.39 is 11.7 Å². The number of hydrogen-bond acceptors (Lipinski definition) is 2. The first kappa shape index (κ1) is 13.6. The van der Waals surface area contributed by atoms with Gasteiger partial charge in [-0.05, 0) is 30.2 Å². The Labute approximate surface area is 119 Å². The second kappa shape index (κ2) is 4.87. The SMILES string of the molecule is Cc1cccn2nc(Cc3ccccc3C(F)(F)F)nc12. The van der Waals surface area contributed by atoms with Gasteiger partial charge in [0.1, 0.15) is 0 Å². The summed E-state index contributed by atoms with van der Waals surface area (Å²) < 4.78 is 40.5. The van der Waals surface area contributed by atoms with Gasteiger partial charge in [0.2, 0.25) is 0 Å². The van der Waals surface area contributed by atoms with Crippen LogP contribution in [0.1, 0.15) is 22.5 Å². The van der Waals surface area contributed by atoms with Crippen molar-refractivity contribution in [1.82, 2.24) is 14.6 Å². The minimum absolute atomic E-state index is 0.0524. The van der Waals surface area contributed by atoms with E-state index in [0.29, 0.717) is 11.5 Å². The zero-order valence-electron chi connectivity index (χ0n) is 11.2. The van der Waals surface area contributed by atoms with E-state index in [1.807, 2.05) is 19.1 Å². The molecule has 0 atom stereocenters. The number of fused-ring (bicyclic) bond motifs is 1. The Bertz CT molecular complexity index is 790. The predicted octanol–water partition coefficient (Wildman–Crippen LogP) is 3.65. The molecular weight excluding hydrogens is 279 g/mol. The largest absolute Gasteiger partial charge is 0.416 e. The molecule has 0 fully saturated rings. The lowest BCUT2D eigenvalue weighted by molar-refractivity contribution is -0.138. The number of pyridine rings is 1. The fourth-order valence-corrected chi connectivity index (χ4v) is 2.28. The molecule has 0 saturated carbocycles. The third-order valence-electron chi connectivity index (χ3n) is 3.27. The topological polar surface area (TPSA) is 30.2 Å². The Kier molecular flexibility index (Phi) is 3.16. The maximum atomic E-state index is 13.0. The Morgan fingerprint density at radius 1 is 1.10 bits per heavy atom. The van der Waals surface area contributed by atoms with Crippen LogP contribution in [0.4, 0.5) is 13.2 Å². The minimum atomic E-state index is -4.37. The normalized spacial score (nSPS) is 12.0. The lowest BCUT2D eigenvalue weighted by Gasteiger charge is -2.11. The van der Waals surface area contributed by atoms with Crippen molar-refractivity contribution in [3.8, 4) is 0 Å². The van der Waals surface area contributed by atoms with Crippen LogP contribution in [-0.4, -0.2) is 14.6 Å². The fraction of sp³-hybridized carbons (Fsp3) is 0.200. The Morgan fingerprint density at radius 2 is 1.86 bits per heavy atom. The van der Waals surface area contributed by atoms with E-state index in [1.165, 1.54) is 12.1 Å². The summed E-state index contributed by atoms with van der Waals surface area (Å²) in [5.41, 5.74) is 1.14. The summed E-state index contributed by atoms with van der Waals surface area (Å²) in [7, 11) is 0.